The molecule has 90 valence electrons. The van der Waals surface area contributed by atoms with E-state index in [2.05, 4.69) is 27.1 Å². The molecule has 0 aliphatic rings. The van der Waals surface area contributed by atoms with Crippen LogP contribution in [0.5, 0.6) is 0 Å². The van der Waals surface area contributed by atoms with Gasteiger partial charge in [0.2, 0.25) is 0 Å². The molecule has 3 rings (SSSR count). The van der Waals surface area contributed by atoms with E-state index in [4.69, 9.17) is 5.73 Å². The third-order valence-corrected chi connectivity index (χ3v) is 3.07. The highest BCUT2D eigenvalue weighted by atomic mass is 14.9. The number of nitrogens with zero attached hydrogens (tertiary/aromatic N) is 2. The predicted octanol–water partition coefficient (Wildman–Crippen LogP) is 2.05. The molecule has 0 fully saturated rings. The maximum Gasteiger partial charge on any atom is 0.116 e. The normalized spacial score (nSPS) is 12.7. The predicted molar refractivity (Wildman–Crippen MR) is 71.2 cm³/mol. The summed E-state index contributed by atoms with van der Waals surface area (Å²) < 4.78 is 0. The maximum atomic E-state index is 5.88. The molecule has 3 N–H and O–H groups in total. The van der Waals surface area contributed by atoms with Crippen molar-refractivity contribution in [2.45, 2.75) is 5.92 Å². The summed E-state index contributed by atoms with van der Waals surface area (Å²) in [6.45, 7) is 0.525. The Kier molecular flexibility index (Phi) is 2.78. The fourth-order valence-corrected chi connectivity index (χ4v) is 2.13. The number of nitrogens with two attached hydrogens (primary N) is 1. The minimum absolute atomic E-state index is 0.0959. The van der Waals surface area contributed by atoms with Gasteiger partial charge < -0.3 is 10.7 Å². The standard InChI is InChI=1S/C14H14N4/c15-8-11(10-4-2-1-3-5-10)14-17-12-6-7-16-9-13(12)18-14/h1-7,9,11H,8,15H2,(H,17,18). The van der Waals surface area contributed by atoms with Crippen molar-refractivity contribution >= 4 is 11.0 Å². The van der Waals surface area contributed by atoms with Crippen LogP contribution >= 0.6 is 0 Å². The molecule has 0 saturated heterocycles. The zero-order valence-electron chi connectivity index (χ0n) is 9.88. The number of hydrogen-bond acceptors (Lipinski definition) is 3. The van der Waals surface area contributed by atoms with Crippen molar-refractivity contribution in [3.63, 3.8) is 0 Å². The molecule has 0 bridgehead atoms. The summed E-state index contributed by atoms with van der Waals surface area (Å²) in [5.74, 6) is 0.991. The van der Waals surface area contributed by atoms with Crippen LogP contribution in [0.3, 0.4) is 0 Å². The number of aromatic nitrogens is 3. The number of hydrogen-bond donors (Lipinski definition) is 2. The van der Waals surface area contributed by atoms with E-state index in [1.54, 1.807) is 12.4 Å². The van der Waals surface area contributed by atoms with E-state index in [1.165, 1.54) is 5.56 Å². The number of pyridine rings is 1. The number of fused-ring (bicyclic) bond motifs is 1. The highest BCUT2D eigenvalue weighted by Crippen LogP contribution is 2.23. The summed E-state index contributed by atoms with van der Waals surface area (Å²) in [6, 6.07) is 12.1. The van der Waals surface area contributed by atoms with Gasteiger partial charge in [0, 0.05) is 12.7 Å². The average Bonchev–Trinajstić information content (AvgIpc) is 2.84. The Morgan fingerprint density at radius 3 is 2.72 bits per heavy atom. The summed E-state index contributed by atoms with van der Waals surface area (Å²) in [7, 11) is 0. The van der Waals surface area contributed by atoms with Crippen LogP contribution in [-0.4, -0.2) is 21.5 Å². The van der Waals surface area contributed by atoms with Crippen molar-refractivity contribution in [2.24, 2.45) is 5.73 Å². The first kappa shape index (κ1) is 10.9. The lowest BCUT2D eigenvalue weighted by atomic mass is 9.99. The number of aromatic amines is 1. The van der Waals surface area contributed by atoms with E-state index in [0.717, 1.165) is 16.9 Å². The summed E-state index contributed by atoms with van der Waals surface area (Å²) in [6.07, 6.45) is 3.53. The van der Waals surface area contributed by atoms with Gasteiger partial charge >= 0.3 is 0 Å². The molecule has 2 heterocycles. The van der Waals surface area contributed by atoms with Gasteiger partial charge in [-0.2, -0.15) is 0 Å². The second-order valence-corrected chi connectivity index (χ2v) is 4.21. The Morgan fingerprint density at radius 2 is 2.00 bits per heavy atom. The molecule has 1 aromatic carbocycles. The van der Waals surface area contributed by atoms with Crippen molar-refractivity contribution in [3.05, 3.63) is 60.2 Å². The third kappa shape index (κ3) is 1.87. The van der Waals surface area contributed by atoms with Crippen LogP contribution in [0.2, 0.25) is 0 Å². The van der Waals surface area contributed by atoms with Crippen LogP contribution in [0.25, 0.3) is 11.0 Å². The molecule has 4 nitrogen and oxygen atoms in total. The Hall–Kier alpha value is -2.20. The number of H-pyrrole nitrogens is 1. The van der Waals surface area contributed by atoms with E-state index < -0.39 is 0 Å². The van der Waals surface area contributed by atoms with Crippen molar-refractivity contribution in [1.29, 1.82) is 0 Å². The highest BCUT2D eigenvalue weighted by molar-refractivity contribution is 5.73. The van der Waals surface area contributed by atoms with E-state index in [1.807, 2.05) is 24.3 Å². The minimum Gasteiger partial charge on any atom is -0.340 e. The Balaban J connectivity index is 2.06. The monoisotopic (exact) mass is 238 g/mol. The van der Waals surface area contributed by atoms with Gasteiger partial charge in [-0.1, -0.05) is 30.3 Å². The number of benzene rings is 1. The SMILES string of the molecule is NCC(c1ccccc1)c1nc2ccncc2[nH]1. The third-order valence-electron chi connectivity index (χ3n) is 3.07. The van der Waals surface area contributed by atoms with Gasteiger partial charge in [0.15, 0.2) is 0 Å². The average molecular weight is 238 g/mol. The van der Waals surface area contributed by atoms with Gasteiger partial charge in [-0.25, -0.2) is 4.98 Å². The zero-order valence-corrected chi connectivity index (χ0v) is 9.88. The molecule has 0 amide bonds. The summed E-state index contributed by atoms with van der Waals surface area (Å²) in [5, 5.41) is 0. The lowest BCUT2D eigenvalue weighted by Crippen LogP contribution is -2.15. The van der Waals surface area contributed by atoms with E-state index in [-0.39, 0.29) is 5.92 Å². The maximum absolute atomic E-state index is 5.88. The largest absolute Gasteiger partial charge is 0.340 e. The summed E-state index contributed by atoms with van der Waals surface area (Å²) in [5.41, 5.74) is 8.93. The van der Waals surface area contributed by atoms with Crippen LogP contribution in [0.15, 0.2) is 48.8 Å². The quantitative estimate of drug-likeness (QED) is 0.733. The Bertz CT molecular complexity index is 612. The first-order valence-corrected chi connectivity index (χ1v) is 5.93. The van der Waals surface area contributed by atoms with E-state index in [9.17, 15) is 0 Å². The molecule has 2 aromatic heterocycles. The second-order valence-electron chi connectivity index (χ2n) is 4.21. The number of imidazole rings is 1. The van der Waals surface area contributed by atoms with Gasteiger partial charge in [0.25, 0.3) is 0 Å². The van der Waals surface area contributed by atoms with Crippen LogP contribution < -0.4 is 5.73 Å². The molecule has 0 spiro atoms. The Labute approximate surface area is 105 Å². The van der Waals surface area contributed by atoms with Crippen molar-refractivity contribution in [2.75, 3.05) is 6.54 Å². The fourth-order valence-electron chi connectivity index (χ4n) is 2.13. The molecule has 18 heavy (non-hydrogen) atoms. The van der Waals surface area contributed by atoms with Gasteiger partial charge in [0.05, 0.1) is 23.1 Å². The molecule has 0 aliphatic carbocycles. The molecule has 1 atom stereocenters. The van der Waals surface area contributed by atoms with Crippen LogP contribution in [-0.2, 0) is 0 Å². The smallest absolute Gasteiger partial charge is 0.116 e. The molecule has 0 aliphatic heterocycles. The topological polar surface area (TPSA) is 67.6 Å². The molecule has 0 saturated carbocycles. The molecule has 0 radical (unpaired) electrons. The first-order chi connectivity index (χ1) is 8.88. The van der Waals surface area contributed by atoms with Crippen LogP contribution in [0.4, 0.5) is 0 Å². The van der Waals surface area contributed by atoms with Crippen LogP contribution in [0, 0.1) is 0 Å². The molecule has 1 unspecified atom stereocenters. The van der Waals surface area contributed by atoms with Crippen molar-refractivity contribution in [1.82, 2.24) is 15.0 Å². The van der Waals surface area contributed by atoms with Crippen molar-refractivity contribution in [3.8, 4) is 0 Å². The van der Waals surface area contributed by atoms with Gasteiger partial charge in [-0.15, -0.1) is 0 Å². The van der Waals surface area contributed by atoms with E-state index >= 15 is 0 Å². The van der Waals surface area contributed by atoms with Crippen molar-refractivity contribution < 1.29 is 0 Å². The Morgan fingerprint density at radius 1 is 1.17 bits per heavy atom. The summed E-state index contributed by atoms with van der Waals surface area (Å²) >= 11 is 0. The van der Waals surface area contributed by atoms with Gasteiger partial charge in [-0.3, -0.25) is 4.98 Å². The lowest BCUT2D eigenvalue weighted by Gasteiger charge is -2.11. The number of nitrogens with one attached hydrogen (secondary N) is 1. The lowest BCUT2D eigenvalue weighted by molar-refractivity contribution is 0.769. The molecular weight excluding hydrogens is 224 g/mol. The number of rotatable bonds is 3. The van der Waals surface area contributed by atoms with Gasteiger partial charge in [0.1, 0.15) is 5.82 Å². The molecular formula is C14H14N4. The zero-order chi connectivity index (χ0) is 12.4. The molecule has 4 heteroatoms. The minimum atomic E-state index is 0.0959. The highest BCUT2D eigenvalue weighted by Gasteiger charge is 2.16. The first-order valence-electron chi connectivity index (χ1n) is 5.93. The molecule has 3 aromatic rings. The van der Waals surface area contributed by atoms with Crippen LogP contribution in [0.1, 0.15) is 17.3 Å². The van der Waals surface area contributed by atoms with E-state index in [0.29, 0.717) is 6.54 Å². The fraction of sp³-hybridized carbons (Fsp3) is 0.143. The van der Waals surface area contributed by atoms with Gasteiger partial charge in [-0.05, 0) is 11.6 Å². The summed E-state index contributed by atoms with van der Waals surface area (Å²) in [4.78, 5) is 12.0. The second kappa shape index (κ2) is 4.58.